The Hall–Kier alpha value is -1.84. The molecule has 1 unspecified atom stereocenters. The minimum Gasteiger partial charge on any atom is -0.598 e. The fraction of sp³-hybridized carbons (Fsp3) is 0.417. The molecule has 1 aliphatic rings. The van der Waals surface area contributed by atoms with Crippen LogP contribution in [0.25, 0.3) is 10.9 Å². The van der Waals surface area contributed by atoms with Gasteiger partial charge in [-0.1, -0.05) is 35.9 Å². The molecule has 172 valence electrons. The molecule has 0 saturated heterocycles. The number of hydrogen-bond donors (Lipinski definition) is 1. The van der Waals surface area contributed by atoms with Gasteiger partial charge in [-0.25, -0.2) is 12.4 Å². The van der Waals surface area contributed by atoms with Crippen LogP contribution in [0.5, 0.6) is 0 Å². The quantitative estimate of drug-likeness (QED) is 0.539. The molecule has 32 heavy (non-hydrogen) atoms. The van der Waals surface area contributed by atoms with E-state index in [0.29, 0.717) is 24.1 Å². The number of benzene rings is 2. The average Bonchev–Trinajstić information content (AvgIpc) is 3.10. The van der Waals surface area contributed by atoms with E-state index in [1.54, 1.807) is 31.4 Å². The van der Waals surface area contributed by atoms with Crippen molar-refractivity contribution in [3.8, 4) is 0 Å². The van der Waals surface area contributed by atoms with Crippen molar-refractivity contribution >= 4 is 32.3 Å². The van der Waals surface area contributed by atoms with Crippen molar-refractivity contribution in [3.05, 3.63) is 65.4 Å². The zero-order chi connectivity index (χ0) is 23.3. The van der Waals surface area contributed by atoms with Crippen LogP contribution in [0.3, 0.4) is 0 Å². The molecule has 1 aromatic heterocycles. The van der Waals surface area contributed by atoms with Crippen molar-refractivity contribution in [3.63, 3.8) is 0 Å². The van der Waals surface area contributed by atoms with Gasteiger partial charge in [-0.05, 0) is 58.7 Å². The number of ether oxygens (including phenoxy) is 1. The predicted octanol–water partition coefficient (Wildman–Crippen LogP) is 4.76. The third-order valence-corrected chi connectivity index (χ3v) is 9.28. The topological polar surface area (TPSA) is 83.4 Å². The summed E-state index contributed by atoms with van der Waals surface area (Å²) < 4.78 is 50.7. The molecule has 0 radical (unpaired) electrons. The monoisotopic (exact) mass is 474 g/mol. The molecule has 3 atom stereocenters. The lowest BCUT2D eigenvalue weighted by Gasteiger charge is -2.33. The molecule has 0 bridgehead atoms. The molecule has 8 heteroatoms. The van der Waals surface area contributed by atoms with Crippen molar-refractivity contribution in [1.29, 1.82) is 0 Å². The van der Waals surface area contributed by atoms with Crippen LogP contribution in [0, 0.1) is 6.92 Å². The number of aromatic nitrogens is 1. The van der Waals surface area contributed by atoms with Gasteiger partial charge in [0.05, 0.1) is 28.3 Å². The standard InChI is InChI=1S/C24H30N2O4S2/c1-16-10-12-17(13-11-16)32(28,29)26-20-9-7-6-8-18(20)22-19(25-31(27)24(2,3)4)14-15-21(30-5)23(22)26/h6-13,19,21,25H,14-15H2,1-5H3/t19?,21-,31+/m0/s1. The first-order valence-corrected chi connectivity index (χ1v) is 13.3. The highest BCUT2D eigenvalue weighted by molar-refractivity contribution is 7.91. The van der Waals surface area contributed by atoms with Crippen molar-refractivity contribution in [1.82, 2.24) is 8.69 Å². The van der Waals surface area contributed by atoms with E-state index in [0.717, 1.165) is 16.5 Å². The number of nitrogens with zero attached hydrogens (tertiary/aromatic N) is 1. The minimum atomic E-state index is -3.87. The summed E-state index contributed by atoms with van der Waals surface area (Å²) in [5.74, 6) is 0. The first kappa shape index (κ1) is 23.3. The Kier molecular flexibility index (Phi) is 6.19. The van der Waals surface area contributed by atoms with Crippen LogP contribution in [-0.2, 0) is 26.1 Å². The molecule has 1 aliphatic carbocycles. The lowest BCUT2D eigenvalue weighted by atomic mass is 9.89. The number of hydrogen-bond acceptors (Lipinski definition) is 5. The van der Waals surface area contributed by atoms with Crippen molar-refractivity contribution in [2.75, 3.05) is 7.11 Å². The van der Waals surface area contributed by atoms with Gasteiger partial charge in [0.2, 0.25) is 0 Å². The SMILES string of the molecule is CO[C@H]1CCC(N[S@+]([O-])C(C)(C)C)c2c1n(S(=O)(=O)c1ccc(C)cc1)c1ccccc21. The maximum Gasteiger partial charge on any atom is 0.268 e. The summed E-state index contributed by atoms with van der Waals surface area (Å²) in [6, 6.07) is 14.1. The first-order chi connectivity index (χ1) is 15.1. The summed E-state index contributed by atoms with van der Waals surface area (Å²) in [6.07, 6.45) is 0.951. The smallest absolute Gasteiger partial charge is 0.268 e. The Morgan fingerprint density at radius 1 is 1.09 bits per heavy atom. The maximum atomic E-state index is 13.9. The van der Waals surface area contributed by atoms with E-state index in [1.807, 2.05) is 52.0 Å². The molecule has 0 amide bonds. The molecule has 0 fully saturated rings. The van der Waals surface area contributed by atoms with Gasteiger partial charge in [0.15, 0.2) is 0 Å². The lowest BCUT2D eigenvalue weighted by molar-refractivity contribution is 0.0797. The molecule has 4 rings (SSSR count). The largest absolute Gasteiger partial charge is 0.598 e. The van der Waals surface area contributed by atoms with E-state index >= 15 is 0 Å². The van der Waals surface area contributed by atoms with E-state index in [4.69, 9.17) is 4.74 Å². The zero-order valence-electron chi connectivity index (χ0n) is 19.1. The summed E-state index contributed by atoms with van der Waals surface area (Å²) >= 11 is -1.30. The van der Waals surface area contributed by atoms with Crippen LogP contribution >= 0.6 is 0 Å². The Morgan fingerprint density at radius 3 is 2.38 bits per heavy atom. The Morgan fingerprint density at radius 2 is 1.75 bits per heavy atom. The highest BCUT2D eigenvalue weighted by Gasteiger charge is 2.40. The van der Waals surface area contributed by atoms with Crippen molar-refractivity contribution < 1.29 is 17.7 Å². The Labute approximate surface area is 193 Å². The van der Waals surface area contributed by atoms with Gasteiger partial charge in [-0.15, -0.1) is 4.72 Å². The molecule has 0 aliphatic heterocycles. The van der Waals surface area contributed by atoms with Crippen molar-refractivity contribution in [2.24, 2.45) is 0 Å². The molecular weight excluding hydrogens is 444 g/mol. The molecule has 3 aromatic rings. The van der Waals surface area contributed by atoms with Gasteiger partial charge in [0, 0.05) is 29.4 Å². The van der Waals surface area contributed by atoms with Crippen LogP contribution in [0.1, 0.15) is 62.6 Å². The molecule has 0 saturated carbocycles. The van der Waals surface area contributed by atoms with Crippen LogP contribution < -0.4 is 4.72 Å². The van der Waals surface area contributed by atoms with Gasteiger partial charge < -0.3 is 9.29 Å². The Bertz CT molecular complexity index is 1230. The lowest BCUT2D eigenvalue weighted by Crippen LogP contribution is -2.42. The molecule has 1 N–H and O–H groups in total. The Balaban J connectivity index is 1.97. The van der Waals surface area contributed by atoms with Gasteiger partial charge in [0.25, 0.3) is 10.0 Å². The van der Waals surface area contributed by atoms with Gasteiger partial charge in [-0.3, -0.25) is 0 Å². The van der Waals surface area contributed by atoms with Gasteiger partial charge >= 0.3 is 0 Å². The van der Waals surface area contributed by atoms with Crippen LogP contribution in [0.2, 0.25) is 0 Å². The fourth-order valence-corrected chi connectivity index (χ4v) is 6.68. The van der Waals surface area contributed by atoms with Crippen LogP contribution in [-0.4, -0.2) is 28.8 Å². The number of rotatable bonds is 5. The van der Waals surface area contributed by atoms with E-state index in [2.05, 4.69) is 4.72 Å². The molecule has 6 nitrogen and oxygen atoms in total. The first-order valence-electron chi connectivity index (χ1n) is 10.7. The normalized spacial score (nSPS) is 20.3. The van der Waals surface area contributed by atoms with Gasteiger partial charge in [-0.2, -0.15) is 0 Å². The number of para-hydroxylation sites is 1. The minimum absolute atomic E-state index is 0.231. The third kappa shape index (κ3) is 3.99. The second kappa shape index (κ2) is 8.50. The highest BCUT2D eigenvalue weighted by Crippen LogP contribution is 2.45. The summed E-state index contributed by atoms with van der Waals surface area (Å²) in [4.78, 5) is 0.231. The summed E-state index contributed by atoms with van der Waals surface area (Å²) in [5.41, 5.74) is 3.07. The molecule has 2 aromatic carbocycles. The maximum absolute atomic E-state index is 13.9. The second-order valence-corrected chi connectivity index (χ2v) is 13.0. The molecule has 1 heterocycles. The van der Waals surface area contributed by atoms with Gasteiger partial charge in [0.1, 0.15) is 4.75 Å². The van der Waals surface area contributed by atoms with E-state index in [-0.39, 0.29) is 17.0 Å². The zero-order valence-corrected chi connectivity index (χ0v) is 20.7. The number of nitrogens with one attached hydrogen (secondary N) is 1. The van der Waals surface area contributed by atoms with E-state index < -0.39 is 26.1 Å². The second-order valence-electron chi connectivity index (χ2n) is 9.25. The average molecular weight is 475 g/mol. The predicted molar refractivity (Wildman–Crippen MR) is 128 cm³/mol. The van der Waals surface area contributed by atoms with E-state index in [9.17, 15) is 13.0 Å². The number of aryl methyl sites for hydroxylation is 1. The fourth-order valence-electron chi connectivity index (χ4n) is 4.25. The number of fused-ring (bicyclic) bond motifs is 3. The molecule has 0 spiro atoms. The van der Waals surface area contributed by atoms with Crippen molar-refractivity contribution in [2.45, 2.75) is 62.3 Å². The highest BCUT2D eigenvalue weighted by atomic mass is 32.2. The van der Waals surface area contributed by atoms with Crippen LogP contribution in [0.15, 0.2) is 53.4 Å². The molecular formula is C24H30N2O4S2. The summed E-state index contributed by atoms with van der Waals surface area (Å²) in [5, 5.41) is 0.836. The van der Waals surface area contributed by atoms with Crippen LogP contribution in [0.4, 0.5) is 0 Å². The summed E-state index contributed by atoms with van der Waals surface area (Å²) in [7, 11) is -2.26. The number of methoxy groups -OCH3 is 1. The summed E-state index contributed by atoms with van der Waals surface area (Å²) in [6.45, 7) is 7.69. The third-order valence-electron chi connectivity index (χ3n) is 5.93. The van der Waals surface area contributed by atoms with E-state index in [1.165, 1.54) is 3.97 Å².